The van der Waals surface area contributed by atoms with Crippen LogP contribution < -0.4 is 4.74 Å². The van der Waals surface area contributed by atoms with Crippen LogP contribution in [0.25, 0.3) is 0 Å². The highest BCUT2D eigenvalue weighted by Gasteiger charge is 2.37. The monoisotopic (exact) mass is 345 g/mol. The van der Waals surface area contributed by atoms with Gasteiger partial charge in [0.15, 0.2) is 0 Å². The van der Waals surface area contributed by atoms with Gasteiger partial charge in [0.2, 0.25) is 0 Å². The van der Waals surface area contributed by atoms with E-state index >= 15 is 0 Å². The lowest BCUT2D eigenvalue weighted by atomic mass is 9.77. The molecule has 1 aliphatic rings. The number of benzene rings is 2. The Morgan fingerprint density at radius 1 is 1.29 bits per heavy atom. The van der Waals surface area contributed by atoms with E-state index in [1.54, 1.807) is 12.1 Å². The molecule has 0 aromatic heterocycles. The third kappa shape index (κ3) is 2.79. The van der Waals surface area contributed by atoms with Gasteiger partial charge in [-0.2, -0.15) is 5.26 Å². The molecular weight excluding hydrogens is 333 g/mol. The van der Waals surface area contributed by atoms with Gasteiger partial charge in [-0.1, -0.05) is 40.2 Å². The zero-order valence-electron chi connectivity index (χ0n) is 11.3. The second-order valence-corrected chi connectivity index (χ2v) is 6.29. The first-order valence-corrected chi connectivity index (χ1v) is 7.47. The standard InChI is InChI=1S/C17H13BrFNO/c18-14-6-5-12(15(19)7-14)8-17(10-20)9-13-3-1-2-4-16(13)21-11-17/h1-7H,8-9,11H2. The number of rotatable bonds is 2. The van der Waals surface area contributed by atoms with Crippen molar-refractivity contribution < 1.29 is 9.13 Å². The molecular formula is C17H13BrFNO. The minimum absolute atomic E-state index is 0.288. The van der Waals surface area contributed by atoms with Crippen LogP contribution in [0.1, 0.15) is 11.1 Å². The quantitative estimate of drug-likeness (QED) is 0.813. The van der Waals surface area contributed by atoms with E-state index in [2.05, 4.69) is 22.0 Å². The number of nitrogens with zero attached hydrogens (tertiary/aromatic N) is 1. The van der Waals surface area contributed by atoms with Crippen molar-refractivity contribution in [3.8, 4) is 11.8 Å². The molecule has 0 spiro atoms. The Hall–Kier alpha value is -1.86. The van der Waals surface area contributed by atoms with Crippen LogP contribution in [0, 0.1) is 22.6 Å². The summed E-state index contributed by atoms with van der Waals surface area (Å²) in [4.78, 5) is 0. The highest BCUT2D eigenvalue weighted by atomic mass is 79.9. The van der Waals surface area contributed by atoms with Gasteiger partial charge in [0.1, 0.15) is 18.2 Å². The fourth-order valence-corrected chi connectivity index (χ4v) is 3.01. The van der Waals surface area contributed by atoms with Crippen molar-refractivity contribution >= 4 is 15.9 Å². The van der Waals surface area contributed by atoms with E-state index in [0.717, 1.165) is 11.3 Å². The van der Waals surface area contributed by atoms with Gasteiger partial charge >= 0.3 is 0 Å². The molecule has 4 heteroatoms. The fraction of sp³-hybridized carbons (Fsp3) is 0.235. The van der Waals surface area contributed by atoms with E-state index in [1.807, 2.05) is 24.3 Å². The van der Waals surface area contributed by atoms with E-state index < -0.39 is 5.41 Å². The number of nitriles is 1. The molecule has 2 aromatic carbocycles. The van der Waals surface area contributed by atoms with Crippen LogP contribution in [-0.4, -0.2) is 6.61 Å². The Bertz CT molecular complexity index is 725. The molecule has 0 aliphatic carbocycles. The molecule has 1 atom stereocenters. The van der Waals surface area contributed by atoms with Crippen LogP contribution in [0.2, 0.25) is 0 Å². The second kappa shape index (κ2) is 5.50. The first kappa shape index (κ1) is 14.1. The molecule has 0 saturated heterocycles. The summed E-state index contributed by atoms with van der Waals surface area (Å²) >= 11 is 3.24. The number of hydrogen-bond acceptors (Lipinski definition) is 2. The van der Waals surface area contributed by atoms with Gasteiger partial charge in [-0.15, -0.1) is 0 Å². The Morgan fingerprint density at radius 3 is 2.86 bits per heavy atom. The number of ether oxygens (including phenoxy) is 1. The normalized spacial score (nSPS) is 20.2. The summed E-state index contributed by atoms with van der Waals surface area (Å²) in [6.07, 6.45) is 0.923. The molecule has 0 saturated carbocycles. The van der Waals surface area contributed by atoms with Crippen molar-refractivity contribution in [3.05, 3.63) is 63.9 Å². The Morgan fingerprint density at radius 2 is 2.10 bits per heavy atom. The van der Waals surface area contributed by atoms with Gasteiger partial charge in [-0.05, 0) is 42.2 Å². The van der Waals surface area contributed by atoms with Crippen molar-refractivity contribution in [2.45, 2.75) is 12.8 Å². The van der Waals surface area contributed by atoms with Gasteiger partial charge in [-0.25, -0.2) is 4.39 Å². The summed E-state index contributed by atoms with van der Waals surface area (Å²) in [6, 6.07) is 15.0. The Labute approximate surface area is 131 Å². The second-order valence-electron chi connectivity index (χ2n) is 5.38. The highest BCUT2D eigenvalue weighted by Crippen LogP contribution is 2.37. The summed E-state index contributed by atoms with van der Waals surface area (Å²) in [5, 5.41) is 9.61. The lowest BCUT2D eigenvalue weighted by Gasteiger charge is -2.32. The third-order valence-corrected chi connectivity index (χ3v) is 4.28. The number of halogens is 2. The maximum absolute atomic E-state index is 14.0. The molecule has 0 N–H and O–H groups in total. The van der Waals surface area contributed by atoms with Gasteiger partial charge in [0.25, 0.3) is 0 Å². The smallest absolute Gasteiger partial charge is 0.127 e. The van der Waals surface area contributed by atoms with Crippen LogP contribution in [0.3, 0.4) is 0 Å². The Kier molecular flexibility index (Phi) is 3.69. The van der Waals surface area contributed by atoms with Gasteiger partial charge < -0.3 is 4.74 Å². The number of hydrogen-bond donors (Lipinski definition) is 0. The molecule has 0 radical (unpaired) electrons. The molecule has 0 fully saturated rings. The van der Waals surface area contributed by atoms with Crippen molar-refractivity contribution in [3.63, 3.8) is 0 Å². The maximum Gasteiger partial charge on any atom is 0.127 e. The van der Waals surface area contributed by atoms with E-state index in [9.17, 15) is 9.65 Å². The molecule has 1 heterocycles. The summed E-state index contributed by atoms with van der Waals surface area (Å²) in [6.45, 7) is 0.288. The molecule has 1 unspecified atom stereocenters. The maximum atomic E-state index is 14.0. The van der Waals surface area contributed by atoms with E-state index in [1.165, 1.54) is 6.07 Å². The molecule has 2 nitrogen and oxygen atoms in total. The minimum atomic E-state index is -0.719. The lowest BCUT2D eigenvalue weighted by Crippen LogP contribution is -2.35. The molecule has 106 valence electrons. The summed E-state index contributed by atoms with van der Waals surface area (Å²) in [5.41, 5.74) is 0.828. The summed E-state index contributed by atoms with van der Waals surface area (Å²) < 4.78 is 20.4. The molecule has 3 rings (SSSR count). The predicted octanol–water partition coefficient (Wildman–Crippen LogP) is 4.28. The lowest BCUT2D eigenvalue weighted by molar-refractivity contribution is 0.168. The van der Waals surface area contributed by atoms with E-state index in [4.69, 9.17) is 4.74 Å². The van der Waals surface area contributed by atoms with Gasteiger partial charge in [0, 0.05) is 4.47 Å². The highest BCUT2D eigenvalue weighted by molar-refractivity contribution is 9.10. The van der Waals surface area contributed by atoms with E-state index in [-0.39, 0.29) is 12.4 Å². The SMILES string of the molecule is N#CC1(Cc2ccc(Br)cc2F)COc2ccccc2C1. The fourth-order valence-electron chi connectivity index (χ4n) is 2.68. The topological polar surface area (TPSA) is 33.0 Å². The largest absolute Gasteiger partial charge is 0.492 e. The predicted molar refractivity (Wildman–Crippen MR) is 81.5 cm³/mol. The van der Waals surface area contributed by atoms with Crippen LogP contribution >= 0.6 is 15.9 Å². The summed E-state index contributed by atoms with van der Waals surface area (Å²) in [7, 11) is 0. The molecule has 21 heavy (non-hydrogen) atoms. The first-order valence-electron chi connectivity index (χ1n) is 6.68. The average Bonchev–Trinajstić information content (AvgIpc) is 2.50. The molecule has 0 bridgehead atoms. The molecule has 2 aromatic rings. The van der Waals surface area contributed by atoms with Crippen molar-refractivity contribution in [1.29, 1.82) is 5.26 Å². The number of para-hydroxylation sites is 1. The third-order valence-electron chi connectivity index (χ3n) is 3.79. The minimum Gasteiger partial charge on any atom is -0.492 e. The van der Waals surface area contributed by atoms with Crippen molar-refractivity contribution in [2.24, 2.45) is 5.41 Å². The van der Waals surface area contributed by atoms with Crippen molar-refractivity contribution in [2.75, 3.05) is 6.61 Å². The molecule has 0 amide bonds. The van der Waals surface area contributed by atoms with Crippen molar-refractivity contribution in [1.82, 2.24) is 0 Å². The van der Waals surface area contributed by atoms with Gasteiger partial charge in [0.05, 0.1) is 11.5 Å². The van der Waals surface area contributed by atoms with Crippen LogP contribution in [0.4, 0.5) is 4.39 Å². The average molecular weight is 346 g/mol. The molecule has 1 aliphatic heterocycles. The number of fused-ring (bicyclic) bond motifs is 1. The van der Waals surface area contributed by atoms with Crippen LogP contribution in [0.5, 0.6) is 5.75 Å². The van der Waals surface area contributed by atoms with Gasteiger partial charge in [-0.3, -0.25) is 0 Å². The van der Waals surface area contributed by atoms with Crippen LogP contribution in [0.15, 0.2) is 46.9 Å². The zero-order chi connectivity index (χ0) is 14.9. The zero-order valence-corrected chi connectivity index (χ0v) is 12.9. The van der Waals surface area contributed by atoms with E-state index in [0.29, 0.717) is 22.9 Å². The Balaban J connectivity index is 1.91. The first-order chi connectivity index (χ1) is 10.1. The van der Waals surface area contributed by atoms with Crippen LogP contribution in [-0.2, 0) is 12.8 Å². The summed E-state index contributed by atoms with van der Waals surface area (Å²) in [5.74, 6) is 0.525.